The predicted molar refractivity (Wildman–Crippen MR) is 122 cm³/mol. The lowest BCUT2D eigenvalue weighted by Crippen LogP contribution is -2.49. The standard InChI is InChI=1S/C23H23N7O3/c1-32-18-12-16(13-19(14-18)33-2)23(31)29-10-8-28(9-11-29)21-20-22(25-15-24-21)30(27-26-20)17-6-4-3-5-7-17/h3-7,12-15H,8-11H2,1-2H3. The Morgan fingerprint density at radius 3 is 2.27 bits per heavy atom. The topological polar surface area (TPSA) is 98.5 Å². The summed E-state index contributed by atoms with van der Waals surface area (Å²) in [5.41, 5.74) is 2.70. The highest BCUT2D eigenvalue weighted by atomic mass is 16.5. The molecule has 0 bridgehead atoms. The number of aromatic nitrogens is 5. The second kappa shape index (κ2) is 8.73. The molecule has 0 atom stereocenters. The van der Waals surface area contributed by atoms with E-state index in [9.17, 15) is 4.79 Å². The van der Waals surface area contributed by atoms with Crippen LogP contribution < -0.4 is 14.4 Å². The zero-order chi connectivity index (χ0) is 22.8. The summed E-state index contributed by atoms with van der Waals surface area (Å²) in [6.07, 6.45) is 1.53. The summed E-state index contributed by atoms with van der Waals surface area (Å²) >= 11 is 0. The molecule has 1 amide bonds. The molecule has 10 heteroatoms. The second-order valence-corrected chi connectivity index (χ2v) is 7.59. The van der Waals surface area contributed by atoms with E-state index in [2.05, 4.69) is 25.2 Å². The summed E-state index contributed by atoms with van der Waals surface area (Å²) in [6, 6.07) is 14.9. The van der Waals surface area contributed by atoms with Crippen LogP contribution in [0.15, 0.2) is 54.9 Å². The number of rotatable bonds is 5. The lowest BCUT2D eigenvalue weighted by atomic mass is 10.1. The van der Waals surface area contributed by atoms with Crippen molar-refractivity contribution in [3.05, 3.63) is 60.4 Å². The van der Waals surface area contributed by atoms with Crippen molar-refractivity contribution in [3.63, 3.8) is 0 Å². The molecule has 0 N–H and O–H groups in total. The van der Waals surface area contributed by atoms with Gasteiger partial charge in [0.05, 0.1) is 19.9 Å². The number of nitrogens with zero attached hydrogens (tertiary/aromatic N) is 7. The number of piperazine rings is 1. The van der Waals surface area contributed by atoms with Crippen molar-refractivity contribution < 1.29 is 14.3 Å². The van der Waals surface area contributed by atoms with E-state index < -0.39 is 0 Å². The molecule has 0 aliphatic carbocycles. The number of hydrogen-bond acceptors (Lipinski definition) is 8. The van der Waals surface area contributed by atoms with E-state index >= 15 is 0 Å². The van der Waals surface area contributed by atoms with Gasteiger partial charge in [0.25, 0.3) is 5.91 Å². The summed E-state index contributed by atoms with van der Waals surface area (Å²) in [7, 11) is 3.14. The zero-order valence-electron chi connectivity index (χ0n) is 18.4. The molecule has 2 aromatic carbocycles. The van der Waals surface area contributed by atoms with Gasteiger partial charge in [-0.1, -0.05) is 23.4 Å². The molecule has 0 unspecified atom stereocenters. The number of carbonyl (C=O) groups excluding carboxylic acids is 1. The van der Waals surface area contributed by atoms with Crippen molar-refractivity contribution in [2.75, 3.05) is 45.3 Å². The third-order valence-corrected chi connectivity index (χ3v) is 5.68. The van der Waals surface area contributed by atoms with Gasteiger partial charge in [0.2, 0.25) is 0 Å². The molecule has 168 valence electrons. The number of fused-ring (bicyclic) bond motifs is 1. The minimum Gasteiger partial charge on any atom is -0.497 e. The average Bonchev–Trinajstić information content (AvgIpc) is 3.33. The number of para-hydroxylation sites is 1. The number of hydrogen-bond donors (Lipinski definition) is 0. The van der Waals surface area contributed by atoms with Gasteiger partial charge in [-0.05, 0) is 24.3 Å². The van der Waals surface area contributed by atoms with Gasteiger partial charge in [-0.3, -0.25) is 4.79 Å². The maximum Gasteiger partial charge on any atom is 0.254 e. The van der Waals surface area contributed by atoms with E-state index in [0.29, 0.717) is 54.4 Å². The van der Waals surface area contributed by atoms with Crippen LogP contribution in [0.4, 0.5) is 5.82 Å². The fraction of sp³-hybridized carbons (Fsp3) is 0.261. The first-order valence-electron chi connectivity index (χ1n) is 10.6. The third-order valence-electron chi connectivity index (χ3n) is 5.68. The van der Waals surface area contributed by atoms with Crippen LogP contribution in [0.2, 0.25) is 0 Å². The Hall–Kier alpha value is -4.21. The van der Waals surface area contributed by atoms with Crippen LogP contribution >= 0.6 is 0 Å². The minimum atomic E-state index is -0.0605. The van der Waals surface area contributed by atoms with E-state index in [1.807, 2.05) is 35.2 Å². The molecular formula is C23H23N7O3. The fourth-order valence-corrected chi connectivity index (χ4v) is 3.95. The van der Waals surface area contributed by atoms with E-state index in [-0.39, 0.29) is 5.91 Å². The Bertz CT molecular complexity index is 1260. The first-order chi connectivity index (χ1) is 16.2. The summed E-state index contributed by atoms with van der Waals surface area (Å²) in [6.45, 7) is 2.35. The normalized spacial score (nSPS) is 13.9. The number of ether oxygens (including phenoxy) is 2. The molecule has 3 heterocycles. The van der Waals surface area contributed by atoms with Gasteiger partial charge < -0.3 is 19.3 Å². The Labute approximate surface area is 190 Å². The van der Waals surface area contributed by atoms with E-state index in [4.69, 9.17) is 9.47 Å². The van der Waals surface area contributed by atoms with Crippen LogP contribution in [0.1, 0.15) is 10.4 Å². The largest absolute Gasteiger partial charge is 0.497 e. The molecule has 1 saturated heterocycles. The summed E-state index contributed by atoms with van der Waals surface area (Å²) < 4.78 is 12.3. The Morgan fingerprint density at radius 2 is 1.61 bits per heavy atom. The van der Waals surface area contributed by atoms with Crippen molar-refractivity contribution in [1.29, 1.82) is 0 Å². The zero-order valence-corrected chi connectivity index (χ0v) is 18.4. The van der Waals surface area contributed by atoms with E-state index in [1.165, 1.54) is 6.33 Å². The minimum absolute atomic E-state index is 0.0605. The Kier molecular flexibility index (Phi) is 5.47. The van der Waals surface area contributed by atoms with E-state index in [0.717, 1.165) is 11.5 Å². The number of methoxy groups -OCH3 is 2. The molecule has 0 saturated carbocycles. The van der Waals surface area contributed by atoms with Crippen molar-refractivity contribution in [2.45, 2.75) is 0 Å². The molecular weight excluding hydrogens is 422 g/mol. The van der Waals surface area contributed by atoms with Crippen molar-refractivity contribution >= 4 is 22.9 Å². The lowest BCUT2D eigenvalue weighted by molar-refractivity contribution is 0.0746. The Balaban J connectivity index is 1.35. The molecule has 0 spiro atoms. The maximum absolute atomic E-state index is 13.1. The lowest BCUT2D eigenvalue weighted by Gasteiger charge is -2.35. The summed E-state index contributed by atoms with van der Waals surface area (Å²) in [5, 5.41) is 8.63. The van der Waals surface area contributed by atoms with Gasteiger partial charge in [-0.25, -0.2) is 9.97 Å². The van der Waals surface area contributed by atoms with Gasteiger partial charge in [-0.2, -0.15) is 4.68 Å². The van der Waals surface area contributed by atoms with Crippen LogP contribution in [-0.4, -0.2) is 76.2 Å². The highest BCUT2D eigenvalue weighted by Gasteiger charge is 2.26. The summed E-state index contributed by atoms with van der Waals surface area (Å²) in [4.78, 5) is 25.9. The quantitative estimate of drug-likeness (QED) is 0.461. The van der Waals surface area contributed by atoms with Gasteiger partial charge in [0.15, 0.2) is 17.0 Å². The molecule has 5 rings (SSSR count). The summed E-state index contributed by atoms with van der Waals surface area (Å²) in [5.74, 6) is 1.83. The first kappa shape index (κ1) is 20.7. The molecule has 10 nitrogen and oxygen atoms in total. The molecule has 33 heavy (non-hydrogen) atoms. The van der Waals surface area contributed by atoms with Crippen LogP contribution in [-0.2, 0) is 0 Å². The number of benzene rings is 2. The Morgan fingerprint density at radius 1 is 0.909 bits per heavy atom. The molecule has 1 aliphatic rings. The monoisotopic (exact) mass is 445 g/mol. The van der Waals surface area contributed by atoms with Crippen molar-refractivity contribution in [3.8, 4) is 17.2 Å². The smallest absolute Gasteiger partial charge is 0.254 e. The maximum atomic E-state index is 13.1. The van der Waals surface area contributed by atoms with Gasteiger partial charge in [0.1, 0.15) is 17.8 Å². The highest BCUT2D eigenvalue weighted by Crippen LogP contribution is 2.26. The molecule has 0 radical (unpaired) electrons. The third kappa shape index (κ3) is 3.91. The van der Waals surface area contributed by atoms with Gasteiger partial charge in [-0.15, -0.1) is 5.10 Å². The van der Waals surface area contributed by atoms with Crippen LogP contribution in [0.25, 0.3) is 16.9 Å². The number of carbonyl (C=O) groups is 1. The van der Waals surface area contributed by atoms with Gasteiger partial charge in [0, 0.05) is 37.8 Å². The first-order valence-corrected chi connectivity index (χ1v) is 10.6. The molecule has 4 aromatic rings. The van der Waals surface area contributed by atoms with Crippen LogP contribution in [0.3, 0.4) is 0 Å². The fourth-order valence-electron chi connectivity index (χ4n) is 3.95. The SMILES string of the molecule is COc1cc(OC)cc(C(=O)N2CCN(c3ncnc4c3nnn4-c3ccccc3)CC2)c1. The molecule has 1 aliphatic heterocycles. The second-order valence-electron chi connectivity index (χ2n) is 7.59. The predicted octanol–water partition coefficient (Wildman–Crippen LogP) is 2.19. The highest BCUT2D eigenvalue weighted by molar-refractivity contribution is 5.95. The molecule has 2 aromatic heterocycles. The van der Waals surface area contributed by atoms with Crippen LogP contribution in [0, 0.1) is 0 Å². The number of anilines is 1. The molecule has 1 fully saturated rings. The number of amides is 1. The average molecular weight is 445 g/mol. The van der Waals surface area contributed by atoms with E-state index in [1.54, 1.807) is 37.1 Å². The van der Waals surface area contributed by atoms with Crippen LogP contribution in [0.5, 0.6) is 11.5 Å². The van der Waals surface area contributed by atoms with Crippen molar-refractivity contribution in [1.82, 2.24) is 29.9 Å². The van der Waals surface area contributed by atoms with Gasteiger partial charge >= 0.3 is 0 Å². The van der Waals surface area contributed by atoms with Crippen molar-refractivity contribution in [2.24, 2.45) is 0 Å².